The van der Waals surface area contributed by atoms with Crippen LogP contribution in [-0.4, -0.2) is 29.0 Å². The van der Waals surface area contributed by atoms with Gasteiger partial charge in [0, 0.05) is 0 Å². The first-order valence-electron chi connectivity index (χ1n) is 7.92. The van der Waals surface area contributed by atoms with Crippen molar-refractivity contribution < 1.29 is 25.2 Å². The Bertz CT molecular complexity index is 909. The van der Waals surface area contributed by atoms with Crippen molar-refractivity contribution >= 4 is 20.2 Å². The van der Waals surface area contributed by atoms with Crippen molar-refractivity contribution in [1.82, 2.24) is 0 Å². The van der Waals surface area contributed by atoms with Crippen molar-refractivity contribution in [3.05, 3.63) is 48.5 Å². The number of hydrogen-bond acceptors (Lipinski definition) is 6. The van der Waals surface area contributed by atoms with Gasteiger partial charge in [-0.05, 0) is 54.7 Å². The summed E-state index contributed by atoms with van der Waals surface area (Å²) in [5.74, 6) is 0. The molecule has 132 valence electrons. The van der Waals surface area contributed by atoms with Gasteiger partial charge in [0.05, 0.1) is 9.79 Å². The normalized spacial score (nSPS) is 26.9. The van der Waals surface area contributed by atoms with Crippen LogP contribution in [0.25, 0.3) is 11.1 Å². The molecule has 6 nitrogen and oxygen atoms in total. The Morgan fingerprint density at radius 3 is 1.36 bits per heavy atom. The van der Waals surface area contributed by atoms with Crippen LogP contribution < -0.4 is 0 Å². The van der Waals surface area contributed by atoms with Gasteiger partial charge in [0.25, 0.3) is 20.2 Å². The Hall–Kier alpha value is -1.74. The molecule has 2 aromatic rings. The Morgan fingerprint density at radius 2 is 1.00 bits per heavy atom. The molecule has 3 aliphatic heterocycles. The van der Waals surface area contributed by atoms with E-state index < -0.39 is 32.4 Å². The molecule has 25 heavy (non-hydrogen) atoms. The number of benzene rings is 2. The second-order valence-corrected chi connectivity index (χ2v) is 9.30. The predicted molar refractivity (Wildman–Crippen MR) is 89.8 cm³/mol. The van der Waals surface area contributed by atoms with E-state index in [1.165, 1.54) is 24.3 Å². The minimum atomic E-state index is -3.99. The van der Waals surface area contributed by atoms with E-state index in [1.807, 2.05) is 0 Å². The zero-order valence-electron chi connectivity index (χ0n) is 13.2. The average Bonchev–Trinajstić information content (AvgIpc) is 3.00. The van der Waals surface area contributed by atoms with Gasteiger partial charge < -0.3 is 0 Å². The summed E-state index contributed by atoms with van der Waals surface area (Å²) in [6.45, 7) is 0. The molecular formula is C17H16O6S2. The van der Waals surface area contributed by atoms with Gasteiger partial charge in [-0.15, -0.1) is 0 Å². The Morgan fingerprint density at radius 1 is 0.640 bits per heavy atom. The fourth-order valence-corrected chi connectivity index (χ4v) is 5.43. The highest BCUT2D eigenvalue weighted by Gasteiger charge is 2.37. The third-order valence-corrected chi connectivity index (χ3v) is 7.21. The van der Waals surface area contributed by atoms with Crippen LogP contribution in [0.3, 0.4) is 0 Å². The van der Waals surface area contributed by atoms with Gasteiger partial charge in [-0.1, -0.05) is 24.3 Å². The summed E-state index contributed by atoms with van der Waals surface area (Å²) in [4.78, 5) is 0.0804. The SMILES string of the molecule is O=S1(=O)OC2CCCC2OS(=O)(=O)c2ccc(cc2)-c2ccc1cc2. The predicted octanol–water partition coefficient (Wildman–Crippen LogP) is 2.70. The molecule has 3 heterocycles. The van der Waals surface area contributed by atoms with E-state index in [1.54, 1.807) is 24.3 Å². The van der Waals surface area contributed by atoms with E-state index >= 15 is 0 Å². The van der Waals surface area contributed by atoms with Gasteiger partial charge in [0.1, 0.15) is 12.2 Å². The first-order valence-corrected chi connectivity index (χ1v) is 10.7. The lowest BCUT2D eigenvalue weighted by molar-refractivity contribution is 0.0871. The van der Waals surface area contributed by atoms with Gasteiger partial charge in [-0.3, -0.25) is 8.37 Å². The van der Waals surface area contributed by atoms with Crippen LogP contribution >= 0.6 is 0 Å². The summed E-state index contributed by atoms with van der Waals surface area (Å²) >= 11 is 0. The lowest BCUT2D eigenvalue weighted by Gasteiger charge is -2.20. The first kappa shape index (κ1) is 16.7. The molecule has 2 aromatic carbocycles. The molecule has 8 heteroatoms. The van der Waals surface area contributed by atoms with E-state index in [-0.39, 0.29) is 9.79 Å². The summed E-state index contributed by atoms with van der Waals surface area (Å²) in [5, 5.41) is 0. The van der Waals surface area contributed by atoms with Gasteiger partial charge >= 0.3 is 0 Å². The lowest BCUT2D eigenvalue weighted by atomic mass is 10.1. The maximum atomic E-state index is 12.5. The summed E-state index contributed by atoms with van der Waals surface area (Å²) in [6, 6.07) is 12.7. The zero-order valence-corrected chi connectivity index (χ0v) is 14.8. The average molecular weight is 380 g/mol. The zero-order chi connectivity index (χ0) is 17.7. The summed E-state index contributed by atoms with van der Waals surface area (Å²) in [5.41, 5.74) is 1.55. The minimum absolute atomic E-state index is 0.0402. The van der Waals surface area contributed by atoms with Crippen LogP contribution in [0, 0.1) is 0 Å². The summed E-state index contributed by atoms with van der Waals surface area (Å²) in [6.07, 6.45) is -0.145. The molecule has 0 radical (unpaired) electrons. The van der Waals surface area contributed by atoms with Gasteiger partial charge in [-0.2, -0.15) is 16.8 Å². The van der Waals surface area contributed by atoms with Crippen molar-refractivity contribution in [2.24, 2.45) is 0 Å². The Kier molecular flexibility index (Phi) is 3.95. The van der Waals surface area contributed by atoms with E-state index in [9.17, 15) is 16.8 Å². The monoisotopic (exact) mass is 380 g/mol. The molecule has 4 bridgehead atoms. The van der Waals surface area contributed by atoms with Crippen molar-refractivity contribution in [3.8, 4) is 11.1 Å². The fraction of sp³-hybridized carbons (Fsp3) is 0.294. The summed E-state index contributed by atoms with van der Waals surface area (Å²) in [7, 11) is -7.97. The largest absolute Gasteiger partial charge is 0.297 e. The second-order valence-electron chi connectivity index (χ2n) is 6.16. The molecule has 4 aliphatic rings. The molecule has 2 atom stereocenters. The molecule has 0 amide bonds. The maximum Gasteiger partial charge on any atom is 0.297 e. The topological polar surface area (TPSA) is 86.7 Å². The fourth-order valence-electron chi connectivity index (χ4n) is 3.18. The molecule has 0 saturated heterocycles. The molecule has 1 fully saturated rings. The van der Waals surface area contributed by atoms with Crippen LogP contribution in [0.15, 0.2) is 58.3 Å². The lowest BCUT2D eigenvalue weighted by Crippen LogP contribution is -2.31. The molecule has 2 unspecified atom stereocenters. The van der Waals surface area contributed by atoms with Crippen molar-refractivity contribution in [2.45, 2.75) is 41.3 Å². The van der Waals surface area contributed by atoms with Crippen molar-refractivity contribution in [2.75, 3.05) is 0 Å². The number of fused-ring (bicyclic) bond motifs is 2. The van der Waals surface area contributed by atoms with Crippen LogP contribution in [0.4, 0.5) is 0 Å². The molecule has 0 spiro atoms. The second kappa shape index (κ2) is 5.91. The third kappa shape index (κ3) is 3.10. The highest BCUT2D eigenvalue weighted by molar-refractivity contribution is 7.87. The standard InChI is InChI=1S/C17H16O6S2/c18-24(19)14-8-4-12(5-9-14)13-6-10-15(11-7-13)25(20,21)23-17-3-1-2-16(17)22-24/h4-11,16-17H,1-3H2. The molecule has 0 N–H and O–H groups in total. The van der Waals surface area contributed by atoms with E-state index in [0.717, 1.165) is 11.1 Å². The minimum Gasteiger partial charge on any atom is -0.260 e. The Labute approximate surface area is 146 Å². The quantitative estimate of drug-likeness (QED) is 0.653. The van der Waals surface area contributed by atoms with Gasteiger partial charge in [0.2, 0.25) is 0 Å². The van der Waals surface area contributed by atoms with Gasteiger partial charge in [-0.25, -0.2) is 0 Å². The van der Waals surface area contributed by atoms with E-state index in [4.69, 9.17) is 8.37 Å². The smallest absolute Gasteiger partial charge is 0.260 e. The number of rotatable bonds is 0. The number of hydrogen-bond donors (Lipinski definition) is 0. The summed E-state index contributed by atoms with van der Waals surface area (Å²) < 4.78 is 60.5. The van der Waals surface area contributed by atoms with E-state index in [0.29, 0.717) is 19.3 Å². The molecule has 1 saturated carbocycles. The highest BCUT2D eigenvalue weighted by Crippen LogP contribution is 2.32. The van der Waals surface area contributed by atoms with Crippen LogP contribution in [0.2, 0.25) is 0 Å². The Balaban J connectivity index is 1.87. The van der Waals surface area contributed by atoms with Crippen LogP contribution in [0.1, 0.15) is 19.3 Å². The van der Waals surface area contributed by atoms with E-state index in [2.05, 4.69) is 0 Å². The highest BCUT2D eigenvalue weighted by atomic mass is 32.2. The van der Waals surface area contributed by atoms with Crippen LogP contribution in [-0.2, 0) is 28.6 Å². The molecular weight excluding hydrogens is 364 g/mol. The molecule has 0 aromatic heterocycles. The van der Waals surface area contributed by atoms with Gasteiger partial charge in [0.15, 0.2) is 0 Å². The third-order valence-electron chi connectivity index (χ3n) is 4.51. The molecule has 1 aliphatic carbocycles. The molecule has 6 rings (SSSR count). The first-order chi connectivity index (χ1) is 11.9. The van der Waals surface area contributed by atoms with Crippen molar-refractivity contribution in [1.29, 1.82) is 0 Å². The maximum absolute atomic E-state index is 12.5. The van der Waals surface area contributed by atoms with Crippen molar-refractivity contribution in [3.63, 3.8) is 0 Å². The van der Waals surface area contributed by atoms with Crippen LogP contribution in [0.5, 0.6) is 0 Å².